The van der Waals surface area contributed by atoms with Crippen LogP contribution in [0.1, 0.15) is 13.8 Å². The molecule has 0 N–H and O–H groups in total. The Morgan fingerprint density at radius 2 is 1.18 bits per heavy atom. The van der Waals surface area contributed by atoms with Crippen LogP contribution in [0.4, 0.5) is 0 Å². The van der Waals surface area contributed by atoms with E-state index < -0.39 is 0 Å². The zero-order valence-corrected chi connectivity index (χ0v) is 10.4. The Morgan fingerprint density at radius 1 is 0.706 bits per heavy atom. The maximum atomic E-state index is 6.32. The zero-order chi connectivity index (χ0) is 11.3. The van der Waals surface area contributed by atoms with Crippen molar-refractivity contribution < 1.29 is 14.2 Å². The van der Waals surface area contributed by atoms with Crippen LogP contribution < -0.4 is 0 Å². The van der Waals surface area contributed by atoms with Crippen molar-refractivity contribution in [1.29, 1.82) is 0 Å². The predicted molar refractivity (Wildman–Crippen MR) is 60.4 cm³/mol. The summed E-state index contributed by atoms with van der Waals surface area (Å²) in [7, 11) is 0. The van der Waals surface area contributed by atoms with E-state index in [-0.39, 0.29) is 0 Å². The predicted octanol–water partition coefficient (Wildman–Crippen LogP) is 1.32. The number of hydrogen-bond acceptors (Lipinski definition) is 3. The van der Waals surface area contributed by atoms with Crippen molar-refractivity contribution in [3.05, 3.63) is 0 Å². The van der Waals surface area contributed by atoms with Gasteiger partial charge in [-0.1, -0.05) is 13.8 Å². The van der Waals surface area contributed by atoms with Crippen molar-refractivity contribution >= 4 is 0 Å². The third kappa shape index (κ3) is 0.913. The van der Waals surface area contributed by atoms with Crippen LogP contribution in [0, 0.1) is 35.5 Å². The highest BCUT2D eigenvalue weighted by Gasteiger charge is 2.71. The second kappa shape index (κ2) is 2.89. The molecule has 0 aliphatic carbocycles. The Hall–Kier alpha value is -0.120. The van der Waals surface area contributed by atoms with Gasteiger partial charge >= 0.3 is 0 Å². The van der Waals surface area contributed by atoms with Gasteiger partial charge in [0.25, 0.3) is 0 Å². The molecule has 94 valence electrons. The van der Waals surface area contributed by atoms with Crippen LogP contribution in [0.3, 0.4) is 0 Å². The zero-order valence-electron chi connectivity index (χ0n) is 10.4. The van der Waals surface area contributed by atoms with Gasteiger partial charge in [0.05, 0.1) is 37.6 Å². The summed E-state index contributed by atoms with van der Waals surface area (Å²) in [6.45, 7) is 6.58. The van der Waals surface area contributed by atoms with E-state index in [1.165, 1.54) is 0 Å². The summed E-state index contributed by atoms with van der Waals surface area (Å²) >= 11 is 0. The third-order valence-electron chi connectivity index (χ3n) is 6.47. The second-order valence-electron chi connectivity index (χ2n) is 6.87. The lowest BCUT2D eigenvalue weighted by Crippen LogP contribution is -2.48. The summed E-state index contributed by atoms with van der Waals surface area (Å²) in [4.78, 5) is 0. The fraction of sp³-hybridized carbons (Fsp3) is 1.00. The molecular weight excluding hydrogens is 216 g/mol. The molecule has 0 radical (unpaired) electrons. The molecule has 10 unspecified atom stereocenters. The quantitative estimate of drug-likeness (QED) is 0.635. The van der Waals surface area contributed by atoms with E-state index in [9.17, 15) is 0 Å². The molecule has 5 fully saturated rings. The van der Waals surface area contributed by atoms with Gasteiger partial charge in [-0.2, -0.15) is 0 Å². The van der Waals surface area contributed by atoms with Gasteiger partial charge in [-0.25, -0.2) is 0 Å². The minimum Gasteiger partial charge on any atom is -0.381 e. The first kappa shape index (κ1) is 9.76. The first-order valence-corrected chi connectivity index (χ1v) is 7.16. The van der Waals surface area contributed by atoms with Crippen LogP contribution >= 0.6 is 0 Å². The molecule has 5 rings (SSSR count). The van der Waals surface area contributed by atoms with Gasteiger partial charge in [0.1, 0.15) is 0 Å². The SMILES string of the molecule is CC1C(C)C2OC1C1C3OC(C4COCC43)C21. The van der Waals surface area contributed by atoms with Crippen LogP contribution in [0.5, 0.6) is 0 Å². The summed E-state index contributed by atoms with van der Waals surface area (Å²) in [6, 6.07) is 0. The molecule has 0 spiro atoms. The third-order valence-corrected chi connectivity index (χ3v) is 6.47. The molecule has 4 bridgehead atoms. The van der Waals surface area contributed by atoms with Gasteiger partial charge < -0.3 is 14.2 Å². The molecule has 10 atom stereocenters. The van der Waals surface area contributed by atoms with Gasteiger partial charge in [-0.3, -0.25) is 0 Å². The van der Waals surface area contributed by atoms with Crippen molar-refractivity contribution in [2.75, 3.05) is 13.2 Å². The number of fused-ring (bicyclic) bond motifs is 12. The van der Waals surface area contributed by atoms with E-state index in [0.717, 1.165) is 13.2 Å². The lowest BCUT2D eigenvalue weighted by Gasteiger charge is -2.39. The van der Waals surface area contributed by atoms with Crippen molar-refractivity contribution in [1.82, 2.24) is 0 Å². The second-order valence-corrected chi connectivity index (χ2v) is 6.87. The van der Waals surface area contributed by atoms with Crippen LogP contribution in [0.2, 0.25) is 0 Å². The lowest BCUT2D eigenvalue weighted by molar-refractivity contribution is -0.0226. The topological polar surface area (TPSA) is 27.7 Å². The highest BCUT2D eigenvalue weighted by Crippen LogP contribution is 2.63. The molecule has 0 aromatic heterocycles. The summed E-state index contributed by atoms with van der Waals surface area (Å²) < 4.78 is 18.3. The molecule has 0 aromatic rings. The summed E-state index contributed by atoms with van der Waals surface area (Å²) in [5.74, 6) is 4.13. The van der Waals surface area contributed by atoms with Crippen molar-refractivity contribution in [2.45, 2.75) is 38.3 Å². The van der Waals surface area contributed by atoms with Gasteiger partial charge in [0.15, 0.2) is 0 Å². The average Bonchev–Trinajstić information content (AvgIpc) is 3.02. The van der Waals surface area contributed by atoms with Gasteiger partial charge in [0.2, 0.25) is 0 Å². The van der Waals surface area contributed by atoms with E-state index in [2.05, 4.69) is 13.8 Å². The molecule has 3 nitrogen and oxygen atoms in total. The highest BCUT2D eigenvalue weighted by atomic mass is 16.6. The fourth-order valence-electron chi connectivity index (χ4n) is 5.56. The van der Waals surface area contributed by atoms with Crippen LogP contribution in [-0.4, -0.2) is 37.6 Å². The monoisotopic (exact) mass is 236 g/mol. The van der Waals surface area contributed by atoms with Crippen molar-refractivity contribution in [2.24, 2.45) is 35.5 Å². The van der Waals surface area contributed by atoms with Crippen LogP contribution in [0.25, 0.3) is 0 Å². The maximum absolute atomic E-state index is 6.32. The van der Waals surface area contributed by atoms with Crippen molar-refractivity contribution in [3.8, 4) is 0 Å². The first-order chi connectivity index (χ1) is 8.27. The highest BCUT2D eigenvalue weighted by molar-refractivity contribution is 5.17. The smallest absolute Gasteiger partial charge is 0.0691 e. The summed E-state index contributed by atoms with van der Waals surface area (Å²) in [6.07, 6.45) is 1.83. The molecule has 5 aliphatic rings. The van der Waals surface area contributed by atoms with Gasteiger partial charge in [0, 0.05) is 23.7 Å². The molecular formula is C14H20O3. The Labute approximate surface area is 102 Å². The van der Waals surface area contributed by atoms with Crippen molar-refractivity contribution in [3.63, 3.8) is 0 Å². The average molecular weight is 236 g/mol. The fourth-order valence-corrected chi connectivity index (χ4v) is 5.56. The van der Waals surface area contributed by atoms with E-state index >= 15 is 0 Å². The van der Waals surface area contributed by atoms with Crippen LogP contribution in [-0.2, 0) is 14.2 Å². The van der Waals surface area contributed by atoms with Gasteiger partial charge in [-0.05, 0) is 11.8 Å². The standard InChI is InChI=1S/C14H20O3/c1-5-6(2)12-10-9(11(5)16-12)13-7-3-15-4-8(7)14(10)17-13/h5-14H,3-4H2,1-2H3. The van der Waals surface area contributed by atoms with E-state index in [1.807, 2.05) is 0 Å². The molecule has 0 amide bonds. The van der Waals surface area contributed by atoms with E-state index in [0.29, 0.717) is 59.9 Å². The normalized spacial score (nSPS) is 70.9. The Morgan fingerprint density at radius 3 is 1.71 bits per heavy atom. The molecule has 0 aromatic carbocycles. The Balaban J connectivity index is 1.56. The van der Waals surface area contributed by atoms with Gasteiger partial charge in [-0.15, -0.1) is 0 Å². The maximum Gasteiger partial charge on any atom is 0.0691 e. The molecule has 0 saturated carbocycles. The minimum atomic E-state index is 0.447. The Kier molecular flexibility index (Phi) is 1.66. The first-order valence-electron chi connectivity index (χ1n) is 7.16. The number of hydrogen-bond donors (Lipinski definition) is 0. The van der Waals surface area contributed by atoms with E-state index in [4.69, 9.17) is 14.2 Å². The molecule has 5 heterocycles. The summed E-state index contributed by atoms with van der Waals surface area (Å²) in [5.41, 5.74) is 0. The molecule has 3 heteroatoms. The summed E-state index contributed by atoms with van der Waals surface area (Å²) in [5, 5.41) is 0. The lowest BCUT2D eigenvalue weighted by atomic mass is 9.60. The molecule has 5 aliphatic heterocycles. The molecule has 17 heavy (non-hydrogen) atoms. The number of ether oxygens (including phenoxy) is 3. The largest absolute Gasteiger partial charge is 0.381 e. The number of rotatable bonds is 0. The Bertz CT molecular complexity index is 338. The van der Waals surface area contributed by atoms with Crippen LogP contribution in [0.15, 0.2) is 0 Å². The van der Waals surface area contributed by atoms with E-state index in [1.54, 1.807) is 0 Å². The molecule has 5 saturated heterocycles. The minimum absolute atomic E-state index is 0.447.